The minimum atomic E-state index is -0.486. The Labute approximate surface area is 101 Å². The van der Waals surface area contributed by atoms with E-state index in [0.717, 1.165) is 30.1 Å². The highest BCUT2D eigenvalue weighted by Gasteiger charge is 2.44. The van der Waals surface area contributed by atoms with Gasteiger partial charge in [-0.25, -0.2) is 0 Å². The molecule has 92 valence electrons. The van der Waals surface area contributed by atoms with Gasteiger partial charge in [0, 0.05) is 40.9 Å². The summed E-state index contributed by atoms with van der Waals surface area (Å²) in [5.41, 5.74) is 0. The Morgan fingerprint density at radius 2 is 2.06 bits per heavy atom. The van der Waals surface area contributed by atoms with Gasteiger partial charge in [0.05, 0.1) is 0 Å². The van der Waals surface area contributed by atoms with Crippen LogP contribution in [-0.2, 0) is 10.8 Å². The van der Waals surface area contributed by atoms with Crippen molar-refractivity contribution in [2.24, 2.45) is 17.8 Å². The van der Waals surface area contributed by atoms with E-state index in [1.54, 1.807) is 0 Å². The van der Waals surface area contributed by atoms with Gasteiger partial charge < -0.3 is 0 Å². The van der Waals surface area contributed by atoms with Crippen molar-refractivity contribution in [3.05, 3.63) is 0 Å². The third-order valence-corrected chi connectivity index (χ3v) is 6.72. The molecule has 1 saturated carbocycles. The second kappa shape index (κ2) is 4.09. The summed E-state index contributed by atoms with van der Waals surface area (Å²) < 4.78 is 11.6. The van der Waals surface area contributed by atoms with Crippen molar-refractivity contribution in [1.29, 1.82) is 0 Å². The van der Waals surface area contributed by atoms with Gasteiger partial charge in [-0.05, 0) is 37.0 Å². The number of likely N-dealkylation sites (tertiary alicyclic amines) is 1. The van der Waals surface area contributed by atoms with Crippen molar-refractivity contribution in [3.63, 3.8) is 0 Å². The fourth-order valence-electron chi connectivity index (χ4n) is 3.66. The maximum absolute atomic E-state index is 11.6. The lowest BCUT2D eigenvalue weighted by Crippen LogP contribution is -2.44. The SMILES string of the molecule is CC(C)C1CC(CN2C[C@@H]3C[C@H]2CS3=O)C1. The molecule has 0 aromatic rings. The maximum atomic E-state index is 11.6. The monoisotopic (exact) mass is 241 g/mol. The molecule has 2 aliphatic heterocycles. The molecule has 3 aliphatic rings. The number of hydrogen-bond acceptors (Lipinski definition) is 2. The first kappa shape index (κ1) is 11.2. The van der Waals surface area contributed by atoms with Gasteiger partial charge in [-0.1, -0.05) is 13.8 Å². The van der Waals surface area contributed by atoms with E-state index in [0.29, 0.717) is 11.3 Å². The average Bonchev–Trinajstić information content (AvgIpc) is 2.68. The number of hydrogen-bond donors (Lipinski definition) is 0. The van der Waals surface area contributed by atoms with Gasteiger partial charge in [0.15, 0.2) is 0 Å². The van der Waals surface area contributed by atoms with E-state index in [1.165, 1.54) is 25.8 Å². The molecule has 2 heterocycles. The summed E-state index contributed by atoms with van der Waals surface area (Å²) in [5.74, 6) is 3.77. The van der Waals surface area contributed by atoms with Gasteiger partial charge in [0.2, 0.25) is 0 Å². The smallest absolute Gasteiger partial charge is 0.0491 e. The molecule has 0 radical (unpaired) electrons. The van der Waals surface area contributed by atoms with Crippen molar-refractivity contribution >= 4 is 10.8 Å². The van der Waals surface area contributed by atoms with E-state index >= 15 is 0 Å². The lowest BCUT2D eigenvalue weighted by molar-refractivity contribution is 0.0925. The summed E-state index contributed by atoms with van der Waals surface area (Å²) in [6.07, 6.45) is 4.09. The van der Waals surface area contributed by atoms with Crippen LogP contribution < -0.4 is 0 Å². The molecular formula is C13H23NOS. The van der Waals surface area contributed by atoms with Crippen LogP contribution in [0.2, 0.25) is 0 Å². The highest BCUT2D eigenvalue weighted by atomic mass is 32.2. The van der Waals surface area contributed by atoms with E-state index in [1.807, 2.05) is 0 Å². The third-order valence-electron chi connectivity index (χ3n) is 4.93. The van der Waals surface area contributed by atoms with Crippen LogP contribution in [0.1, 0.15) is 33.1 Å². The normalized spacial score (nSPS) is 47.6. The Hall–Kier alpha value is 0.110. The quantitative estimate of drug-likeness (QED) is 0.752. The summed E-state index contributed by atoms with van der Waals surface area (Å²) in [4.78, 5) is 2.63. The molecule has 0 amide bonds. The first-order valence-electron chi connectivity index (χ1n) is 6.74. The van der Waals surface area contributed by atoms with Gasteiger partial charge in [0.25, 0.3) is 0 Å². The number of nitrogens with zero attached hydrogens (tertiary/aromatic N) is 1. The Morgan fingerprint density at radius 1 is 1.31 bits per heavy atom. The fraction of sp³-hybridized carbons (Fsp3) is 1.00. The number of fused-ring (bicyclic) bond motifs is 2. The fourth-order valence-corrected chi connectivity index (χ4v) is 5.46. The summed E-state index contributed by atoms with van der Waals surface area (Å²) >= 11 is 0. The highest BCUT2D eigenvalue weighted by molar-refractivity contribution is 7.86. The molecule has 1 unspecified atom stereocenters. The van der Waals surface area contributed by atoms with Crippen LogP contribution in [0, 0.1) is 17.8 Å². The predicted molar refractivity (Wildman–Crippen MR) is 67.8 cm³/mol. The first-order chi connectivity index (χ1) is 7.63. The van der Waals surface area contributed by atoms with E-state index in [2.05, 4.69) is 18.7 Å². The van der Waals surface area contributed by atoms with Gasteiger partial charge in [0.1, 0.15) is 0 Å². The van der Waals surface area contributed by atoms with E-state index in [-0.39, 0.29) is 0 Å². The molecule has 3 fully saturated rings. The molecule has 2 nitrogen and oxygen atoms in total. The van der Waals surface area contributed by atoms with Crippen molar-refractivity contribution in [3.8, 4) is 0 Å². The van der Waals surface area contributed by atoms with Crippen LogP contribution in [0.3, 0.4) is 0 Å². The summed E-state index contributed by atoms with van der Waals surface area (Å²) in [6.45, 7) is 7.12. The summed E-state index contributed by atoms with van der Waals surface area (Å²) in [7, 11) is -0.486. The number of rotatable bonds is 3. The van der Waals surface area contributed by atoms with E-state index < -0.39 is 10.8 Å². The molecule has 3 atom stereocenters. The zero-order valence-corrected chi connectivity index (χ0v) is 11.2. The van der Waals surface area contributed by atoms with Crippen LogP contribution in [-0.4, -0.2) is 39.2 Å². The van der Waals surface area contributed by atoms with Gasteiger partial charge in [-0.2, -0.15) is 0 Å². The average molecular weight is 241 g/mol. The lowest BCUT2D eigenvalue weighted by atomic mass is 9.69. The molecule has 3 rings (SSSR count). The molecule has 0 aromatic carbocycles. The standard InChI is InChI=1S/C13H23NOS/c1-9(2)11-3-10(4-11)6-14-7-13-5-12(14)8-16(13)15/h9-13H,3-8H2,1-2H3/t10?,11?,12-,13-,16?/m0/s1. The van der Waals surface area contributed by atoms with Crippen LogP contribution in [0.5, 0.6) is 0 Å². The first-order valence-corrected chi connectivity index (χ1v) is 8.13. The van der Waals surface area contributed by atoms with Gasteiger partial charge in [-0.15, -0.1) is 0 Å². The van der Waals surface area contributed by atoms with Crippen molar-refractivity contribution in [1.82, 2.24) is 4.90 Å². The molecule has 0 N–H and O–H groups in total. The van der Waals surface area contributed by atoms with Crippen LogP contribution >= 0.6 is 0 Å². The molecule has 16 heavy (non-hydrogen) atoms. The van der Waals surface area contributed by atoms with Gasteiger partial charge in [-0.3, -0.25) is 9.11 Å². The van der Waals surface area contributed by atoms with Crippen LogP contribution in [0.4, 0.5) is 0 Å². The second-order valence-corrected chi connectivity index (χ2v) is 8.12. The Bertz CT molecular complexity index is 298. The Balaban J connectivity index is 1.47. The summed E-state index contributed by atoms with van der Waals surface area (Å²) in [5, 5.41) is 0.519. The molecule has 3 heteroatoms. The second-order valence-electron chi connectivity index (χ2n) is 6.35. The largest absolute Gasteiger partial charge is 0.298 e. The van der Waals surface area contributed by atoms with Crippen molar-refractivity contribution < 1.29 is 4.21 Å². The van der Waals surface area contributed by atoms with E-state index in [9.17, 15) is 4.21 Å². The topological polar surface area (TPSA) is 20.3 Å². The molecule has 2 saturated heterocycles. The maximum Gasteiger partial charge on any atom is 0.0491 e. The zero-order valence-electron chi connectivity index (χ0n) is 10.4. The van der Waals surface area contributed by atoms with Gasteiger partial charge >= 0.3 is 0 Å². The summed E-state index contributed by atoms with van der Waals surface area (Å²) in [6, 6.07) is 0.670. The molecule has 1 aliphatic carbocycles. The Morgan fingerprint density at radius 3 is 2.56 bits per heavy atom. The third kappa shape index (κ3) is 1.86. The van der Waals surface area contributed by atoms with Crippen LogP contribution in [0.15, 0.2) is 0 Å². The predicted octanol–water partition coefficient (Wildman–Crippen LogP) is 1.87. The lowest BCUT2D eigenvalue weighted by Gasteiger charge is -2.41. The van der Waals surface area contributed by atoms with Crippen molar-refractivity contribution in [2.75, 3.05) is 18.8 Å². The minimum Gasteiger partial charge on any atom is -0.298 e. The minimum absolute atomic E-state index is 0.486. The molecule has 0 aromatic heterocycles. The molecule has 0 spiro atoms. The van der Waals surface area contributed by atoms with Crippen LogP contribution in [0.25, 0.3) is 0 Å². The Kier molecular flexibility index (Phi) is 2.87. The molecule has 2 bridgehead atoms. The molecular weight excluding hydrogens is 218 g/mol. The van der Waals surface area contributed by atoms with Crippen molar-refractivity contribution in [2.45, 2.75) is 44.4 Å². The zero-order chi connectivity index (χ0) is 11.3. The van der Waals surface area contributed by atoms with E-state index in [4.69, 9.17) is 0 Å². The highest BCUT2D eigenvalue weighted by Crippen LogP contribution is 2.41.